The molecule has 0 amide bonds. The van der Waals surface area contributed by atoms with Gasteiger partial charge in [-0.3, -0.25) is 0 Å². The summed E-state index contributed by atoms with van der Waals surface area (Å²) < 4.78 is 0. The van der Waals surface area contributed by atoms with Crippen molar-refractivity contribution in [3.63, 3.8) is 0 Å². The van der Waals surface area contributed by atoms with Crippen LogP contribution in [0, 0.1) is 11.3 Å². The first-order valence-electron chi connectivity index (χ1n) is 7.79. The fourth-order valence-corrected chi connectivity index (χ4v) is 3.93. The van der Waals surface area contributed by atoms with Crippen molar-refractivity contribution < 1.29 is 0 Å². The normalized spacial score (nSPS) is 23.1. The lowest BCUT2D eigenvalue weighted by molar-refractivity contribution is 0.220. The van der Waals surface area contributed by atoms with Gasteiger partial charge in [0.05, 0.1) is 0 Å². The van der Waals surface area contributed by atoms with Gasteiger partial charge < -0.3 is 5.73 Å². The highest BCUT2D eigenvalue weighted by Gasteiger charge is 2.37. The summed E-state index contributed by atoms with van der Waals surface area (Å²) >= 11 is 0. The van der Waals surface area contributed by atoms with Crippen molar-refractivity contribution in [3.8, 4) is 0 Å². The molecule has 1 fully saturated rings. The minimum atomic E-state index is 0.286. The number of rotatable bonds is 3. The van der Waals surface area contributed by atoms with E-state index in [-0.39, 0.29) is 6.04 Å². The van der Waals surface area contributed by atoms with Gasteiger partial charge in [0, 0.05) is 6.04 Å². The molecule has 0 heterocycles. The Morgan fingerprint density at radius 1 is 1.15 bits per heavy atom. The zero-order valence-corrected chi connectivity index (χ0v) is 12.6. The second-order valence-electron chi connectivity index (χ2n) is 7.04. The van der Waals surface area contributed by atoms with E-state index in [1.54, 1.807) is 0 Å². The van der Waals surface area contributed by atoms with Crippen LogP contribution >= 0.6 is 0 Å². The number of hydrogen-bond donors (Lipinski definition) is 1. The van der Waals surface area contributed by atoms with Gasteiger partial charge in [-0.25, -0.2) is 0 Å². The van der Waals surface area contributed by atoms with Crippen molar-refractivity contribution in [2.75, 3.05) is 0 Å². The molecule has 1 saturated carbocycles. The van der Waals surface area contributed by atoms with E-state index in [2.05, 4.69) is 56.3 Å². The van der Waals surface area contributed by atoms with Gasteiger partial charge in [-0.15, -0.1) is 0 Å². The molecule has 2 N–H and O–H groups in total. The summed E-state index contributed by atoms with van der Waals surface area (Å²) in [4.78, 5) is 0. The molecule has 1 nitrogen and oxygen atoms in total. The van der Waals surface area contributed by atoms with Crippen molar-refractivity contribution in [1.82, 2.24) is 0 Å². The molecule has 2 atom stereocenters. The van der Waals surface area contributed by atoms with Gasteiger partial charge in [0.15, 0.2) is 0 Å². The second-order valence-corrected chi connectivity index (χ2v) is 7.04. The molecule has 20 heavy (non-hydrogen) atoms. The van der Waals surface area contributed by atoms with Gasteiger partial charge in [0.25, 0.3) is 0 Å². The fourth-order valence-electron chi connectivity index (χ4n) is 3.93. The quantitative estimate of drug-likeness (QED) is 0.868. The average Bonchev–Trinajstić information content (AvgIpc) is 2.78. The van der Waals surface area contributed by atoms with Gasteiger partial charge in [0.1, 0.15) is 0 Å². The smallest absolute Gasteiger partial charge is 0.0113 e. The average molecular weight is 267 g/mol. The molecule has 106 valence electrons. The van der Waals surface area contributed by atoms with E-state index in [0.29, 0.717) is 11.3 Å². The van der Waals surface area contributed by atoms with Crippen LogP contribution in [-0.4, -0.2) is 6.04 Å². The summed E-state index contributed by atoms with van der Waals surface area (Å²) in [5.74, 6) is 0.661. The molecule has 1 aliphatic carbocycles. The van der Waals surface area contributed by atoms with Crippen molar-refractivity contribution >= 4 is 10.8 Å². The Morgan fingerprint density at radius 2 is 1.90 bits per heavy atom. The van der Waals surface area contributed by atoms with Crippen LogP contribution < -0.4 is 5.73 Å². The third-order valence-electron chi connectivity index (χ3n) is 5.14. The largest absolute Gasteiger partial charge is 0.327 e. The SMILES string of the molecule is CC1(C)CCCC1C(N)Cc1ccc2ccccc2c1. The van der Waals surface area contributed by atoms with Crippen molar-refractivity contribution in [3.05, 3.63) is 48.0 Å². The molecule has 0 aromatic heterocycles. The van der Waals surface area contributed by atoms with Gasteiger partial charge in [-0.2, -0.15) is 0 Å². The summed E-state index contributed by atoms with van der Waals surface area (Å²) in [5.41, 5.74) is 8.32. The molecule has 0 saturated heterocycles. The first-order valence-corrected chi connectivity index (χ1v) is 7.79. The maximum Gasteiger partial charge on any atom is 0.0113 e. The molecule has 0 bridgehead atoms. The van der Waals surface area contributed by atoms with Crippen molar-refractivity contribution in [2.24, 2.45) is 17.1 Å². The van der Waals surface area contributed by atoms with Gasteiger partial charge in [-0.1, -0.05) is 62.7 Å². The molecular weight excluding hydrogens is 242 g/mol. The standard InChI is InChI=1S/C19H25N/c1-19(2)11-5-8-17(19)18(20)13-14-9-10-15-6-3-4-7-16(15)12-14/h3-4,6-7,9-10,12,17-18H,5,8,11,13,20H2,1-2H3. The first kappa shape index (κ1) is 13.6. The van der Waals surface area contributed by atoms with Crippen LogP contribution in [0.1, 0.15) is 38.7 Å². The third-order valence-corrected chi connectivity index (χ3v) is 5.14. The van der Waals surface area contributed by atoms with Gasteiger partial charge in [0.2, 0.25) is 0 Å². The highest BCUT2D eigenvalue weighted by molar-refractivity contribution is 5.82. The molecule has 0 radical (unpaired) electrons. The lowest BCUT2D eigenvalue weighted by Crippen LogP contribution is -2.38. The minimum Gasteiger partial charge on any atom is -0.327 e. The maximum atomic E-state index is 6.53. The van der Waals surface area contributed by atoms with Crippen LogP contribution in [0.2, 0.25) is 0 Å². The number of fused-ring (bicyclic) bond motifs is 1. The van der Waals surface area contributed by atoms with E-state index in [1.165, 1.54) is 35.6 Å². The Balaban J connectivity index is 1.79. The molecule has 2 unspecified atom stereocenters. The fraction of sp³-hybridized carbons (Fsp3) is 0.474. The van der Waals surface area contributed by atoms with Crippen LogP contribution in [0.5, 0.6) is 0 Å². The van der Waals surface area contributed by atoms with Crippen molar-refractivity contribution in [2.45, 2.75) is 45.6 Å². The van der Waals surface area contributed by atoms with Crippen LogP contribution in [-0.2, 0) is 6.42 Å². The summed E-state index contributed by atoms with van der Waals surface area (Å²) in [6, 6.07) is 15.6. The Kier molecular flexibility index (Phi) is 3.55. The van der Waals surface area contributed by atoms with Crippen LogP contribution in [0.4, 0.5) is 0 Å². The Labute approximate surface area is 122 Å². The topological polar surface area (TPSA) is 26.0 Å². The predicted molar refractivity (Wildman–Crippen MR) is 86.7 cm³/mol. The first-order chi connectivity index (χ1) is 9.56. The number of hydrogen-bond acceptors (Lipinski definition) is 1. The molecule has 0 aliphatic heterocycles. The van der Waals surface area contributed by atoms with E-state index in [0.717, 1.165) is 6.42 Å². The Hall–Kier alpha value is -1.34. The number of nitrogens with two attached hydrogens (primary N) is 1. The summed E-state index contributed by atoms with van der Waals surface area (Å²) in [7, 11) is 0. The van der Waals surface area contributed by atoms with E-state index >= 15 is 0 Å². The zero-order valence-electron chi connectivity index (χ0n) is 12.6. The van der Waals surface area contributed by atoms with Crippen molar-refractivity contribution in [1.29, 1.82) is 0 Å². The van der Waals surface area contributed by atoms with E-state index in [9.17, 15) is 0 Å². The molecule has 0 spiro atoms. The second kappa shape index (κ2) is 5.21. The van der Waals surface area contributed by atoms with Gasteiger partial charge in [-0.05, 0) is 46.9 Å². The Morgan fingerprint density at radius 3 is 2.60 bits per heavy atom. The summed E-state index contributed by atoms with van der Waals surface area (Å²) in [6.45, 7) is 4.76. The van der Waals surface area contributed by atoms with E-state index < -0.39 is 0 Å². The van der Waals surface area contributed by atoms with Crippen LogP contribution in [0.15, 0.2) is 42.5 Å². The molecule has 3 rings (SSSR count). The summed E-state index contributed by atoms with van der Waals surface area (Å²) in [6.07, 6.45) is 4.95. The zero-order chi connectivity index (χ0) is 14.2. The minimum absolute atomic E-state index is 0.286. The number of benzene rings is 2. The maximum absolute atomic E-state index is 6.53. The summed E-state index contributed by atoms with van der Waals surface area (Å²) in [5, 5.41) is 2.63. The lowest BCUT2D eigenvalue weighted by Gasteiger charge is -2.32. The predicted octanol–water partition coefficient (Wildman–Crippen LogP) is 4.54. The van der Waals surface area contributed by atoms with E-state index in [1.807, 2.05) is 0 Å². The molecule has 1 heteroatoms. The third kappa shape index (κ3) is 2.60. The lowest BCUT2D eigenvalue weighted by atomic mass is 9.76. The van der Waals surface area contributed by atoms with Crippen LogP contribution in [0.25, 0.3) is 10.8 Å². The van der Waals surface area contributed by atoms with E-state index in [4.69, 9.17) is 5.73 Å². The monoisotopic (exact) mass is 267 g/mol. The highest BCUT2D eigenvalue weighted by Crippen LogP contribution is 2.44. The molecule has 2 aromatic rings. The molecule has 2 aromatic carbocycles. The molecule has 1 aliphatic rings. The Bertz CT molecular complexity index is 599. The van der Waals surface area contributed by atoms with Gasteiger partial charge >= 0.3 is 0 Å². The molecular formula is C19H25N. The highest BCUT2D eigenvalue weighted by atomic mass is 14.7. The van der Waals surface area contributed by atoms with Crippen LogP contribution in [0.3, 0.4) is 0 Å².